The molecule has 30 heavy (non-hydrogen) atoms. The number of hydrogen-bond acceptors (Lipinski definition) is 4. The van der Waals surface area contributed by atoms with Crippen LogP contribution in [0.5, 0.6) is 5.75 Å². The average molecular weight is 546 g/mol. The van der Waals surface area contributed by atoms with Crippen molar-refractivity contribution in [2.75, 3.05) is 11.9 Å². The van der Waals surface area contributed by atoms with Crippen molar-refractivity contribution in [3.63, 3.8) is 0 Å². The number of para-hydroxylation sites is 1. The van der Waals surface area contributed by atoms with Crippen molar-refractivity contribution in [3.05, 3.63) is 74.7 Å². The molecule has 1 N–H and O–H groups in total. The normalized spacial score (nSPS) is 10.9. The summed E-state index contributed by atoms with van der Waals surface area (Å²) in [5.41, 5.74) is 4.61. The molecular formula is C23H18Br2N2O2S. The summed E-state index contributed by atoms with van der Waals surface area (Å²) in [5, 5.41) is 3.82. The molecule has 152 valence electrons. The van der Waals surface area contributed by atoms with Gasteiger partial charge in [-0.1, -0.05) is 45.8 Å². The third-order valence-electron chi connectivity index (χ3n) is 4.53. The van der Waals surface area contributed by atoms with Gasteiger partial charge in [0.15, 0.2) is 6.61 Å². The first-order valence-corrected chi connectivity index (χ1v) is 11.7. The van der Waals surface area contributed by atoms with E-state index in [-0.39, 0.29) is 12.5 Å². The summed E-state index contributed by atoms with van der Waals surface area (Å²) in [6, 6.07) is 17.7. The number of benzene rings is 3. The van der Waals surface area contributed by atoms with Crippen molar-refractivity contribution in [2.45, 2.75) is 13.8 Å². The first-order valence-electron chi connectivity index (χ1n) is 9.25. The molecule has 0 saturated heterocycles. The molecule has 0 unspecified atom stereocenters. The first kappa shape index (κ1) is 21.0. The van der Waals surface area contributed by atoms with Crippen molar-refractivity contribution in [3.8, 4) is 16.3 Å². The van der Waals surface area contributed by atoms with E-state index in [1.165, 1.54) is 0 Å². The molecule has 1 aromatic heterocycles. The fourth-order valence-corrected chi connectivity index (χ4v) is 5.45. The van der Waals surface area contributed by atoms with Crippen LogP contribution in [0.1, 0.15) is 11.1 Å². The molecule has 0 aliphatic rings. The van der Waals surface area contributed by atoms with E-state index in [2.05, 4.69) is 37.2 Å². The predicted octanol–water partition coefficient (Wildman–Crippen LogP) is 7.12. The number of nitrogens with one attached hydrogen (secondary N) is 1. The van der Waals surface area contributed by atoms with Crippen LogP contribution in [0.3, 0.4) is 0 Å². The van der Waals surface area contributed by atoms with Crippen LogP contribution < -0.4 is 10.1 Å². The topological polar surface area (TPSA) is 51.2 Å². The summed E-state index contributed by atoms with van der Waals surface area (Å²) in [4.78, 5) is 17.4. The summed E-state index contributed by atoms with van der Waals surface area (Å²) in [6.45, 7) is 3.92. The largest absolute Gasteiger partial charge is 0.483 e. The lowest BCUT2D eigenvalue weighted by molar-refractivity contribution is -0.118. The first-order chi connectivity index (χ1) is 14.4. The van der Waals surface area contributed by atoms with Crippen molar-refractivity contribution < 1.29 is 9.53 Å². The van der Waals surface area contributed by atoms with Gasteiger partial charge in [-0.15, -0.1) is 11.3 Å². The van der Waals surface area contributed by atoms with Gasteiger partial charge in [0.2, 0.25) is 0 Å². The van der Waals surface area contributed by atoms with Gasteiger partial charge in [0.25, 0.3) is 5.91 Å². The fraction of sp³-hybridized carbons (Fsp3) is 0.130. The van der Waals surface area contributed by atoms with E-state index in [0.29, 0.717) is 11.4 Å². The summed E-state index contributed by atoms with van der Waals surface area (Å²) in [7, 11) is 0. The Morgan fingerprint density at radius 1 is 1.10 bits per heavy atom. The van der Waals surface area contributed by atoms with Crippen LogP contribution >= 0.6 is 43.2 Å². The lowest BCUT2D eigenvalue weighted by Gasteiger charge is -2.14. The van der Waals surface area contributed by atoms with E-state index in [1.54, 1.807) is 11.3 Å². The highest BCUT2D eigenvalue weighted by molar-refractivity contribution is 9.11. The third kappa shape index (κ3) is 4.58. The van der Waals surface area contributed by atoms with Crippen molar-refractivity contribution in [2.24, 2.45) is 0 Å². The molecule has 4 rings (SSSR count). The van der Waals surface area contributed by atoms with E-state index in [1.807, 2.05) is 68.4 Å². The number of aromatic nitrogens is 1. The van der Waals surface area contributed by atoms with Crippen LogP contribution in [0.2, 0.25) is 0 Å². The zero-order valence-electron chi connectivity index (χ0n) is 16.3. The number of fused-ring (bicyclic) bond motifs is 1. The average Bonchev–Trinajstić information content (AvgIpc) is 3.13. The molecule has 0 aliphatic heterocycles. The highest BCUT2D eigenvalue weighted by atomic mass is 79.9. The summed E-state index contributed by atoms with van der Waals surface area (Å²) in [6.07, 6.45) is 0. The van der Waals surface area contributed by atoms with E-state index in [4.69, 9.17) is 9.72 Å². The number of halogens is 2. The van der Waals surface area contributed by atoms with E-state index in [0.717, 1.165) is 40.9 Å². The van der Waals surface area contributed by atoms with Crippen LogP contribution in [-0.2, 0) is 4.79 Å². The lowest BCUT2D eigenvalue weighted by Crippen LogP contribution is -2.21. The fourth-order valence-electron chi connectivity index (χ4n) is 3.14. The summed E-state index contributed by atoms with van der Waals surface area (Å²) in [5.74, 6) is 0.470. The third-order valence-corrected chi connectivity index (χ3v) is 6.69. The van der Waals surface area contributed by atoms with Crippen molar-refractivity contribution >= 4 is 65.0 Å². The van der Waals surface area contributed by atoms with Gasteiger partial charge in [-0.2, -0.15) is 0 Å². The van der Waals surface area contributed by atoms with Gasteiger partial charge in [-0.25, -0.2) is 4.98 Å². The molecule has 1 amide bonds. The minimum absolute atomic E-state index is 0.0777. The molecule has 0 bridgehead atoms. The second-order valence-corrected chi connectivity index (χ2v) is 9.70. The van der Waals surface area contributed by atoms with Gasteiger partial charge in [-0.3, -0.25) is 4.79 Å². The van der Waals surface area contributed by atoms with Crippen LogP contribution in [0.4, 0.5) is 5.69 Å². The standard InChI is InChI=1S/C23H18Br2N2O2S/c1-13-7-8-19(14(2)9-13)29-12-21(28)27-22-16(10-15(24)11-17(22)25)23-26-18-5-3-4-6-20(18)30-23/h3-11H,12H2,1-2H3,(H,27,28). The van der Waals surface area contributed by atoms with Crippen molar-refractivity contribution in [1.29, 1.82) is 0 Å². The van der Waals surface area contributed by atoms with Crippen LogP contribution in [0.25, 0.3) is 20.8 Å². The number of thiazole rings is 1. The number of carbonyl (C=O) groups is 1. The highest BCUT2D eigenvalue weighted by Gasteiger charge is 2.17. The number of amides is 1. The maximum atomic E-state index is 12.7. The van der Waals surface area contributed by atoms with E-state index >= 15 is 0 Å². The number of carbonyl (C=O) groups excluding carboxylic acids is 1. The number of ether oxygens (including phenoxy) is 1. The number of nitrogens with zero attached hydrogens (tertiary/aromatic N) is 1. The maximum absolute atomic E-state index is 12.7. The zero-order chi connectivity index (χ0) is 21.3. The molecule has 1 heterocycles. The second kappa shape index (κ2) is 8.88. The monoisotopic (exact) mass is 544 g/mol. The molecular weight excluding hydrogens is 528 g/mol. The maximum Gasteiger partial charge on any atom is 0.262 e. The van der Waals surface area contributed by atoms with E-state index in [9.17, 15) is 4.79 Å². The highest BCUT2D eigenvalue weighted by Crippen LogP contribution is 2.40. The molecule has 7 heteroatoms. The molecule has 3 aromatic carbocycles. The quantitative estimate of drug-likeness (QED) is 0.290. The van der Waals surface area contributed by atoms with Gasteiger partial charge < -0.3 is 10.1 Å². The molecule has 0 radical (unpaired) electrons. The minimum atomic E-state index is -0.236. The Morgan fingerprint density at radius 2 is 1.90 bits per heavy atom. The van der Waals surface area contributed by atoms with Gasteiger partial charge in [-0.05, 0) is 65.7 Å². The number of anilines is 1. The Balaban J connectivity index is 1.59. The summed E-state index contributed by atoms with van der Waals surface area (Å²) >= 11 is 8.70. The van der Waals surface area contributed by atoms with Crippen LogP contribution in [0.15, 0.2) is 63.5 Å². The predicted molar refractivity (Wildman–Crippen MR) is 130 cm³/mol. The molecule has 0 atom stereocenters. The Labute approximate surface area is 195 Å². The van der Waals surface area contributed by atoms with Gasteiger partial charge >= 0.3 is 0 Å². The molecule has 4 aromatic rings. The Morgan fingerprint density at radius 3 is 2.67 bits per heavy atom. The zero-order valence-corrected chi connectivity index (χ0v) is 20.3. The number of hydrogen-bond donors (Lipinski definition) is 1. The molecule has 0 saturated carbocycles. The van der Waals surface area contributed by atoms with Crippen LogP contribution in [0, 0.1) is 13.8 Å². The minimum Gasteiger partial charge on any atom is -0.483 e. The smallest absolute Gasteiger partial charge is 0.262 e. The molecule has 0 fully saturated rings. The Kier molecular flexibility index (Phi) is 6.22. The Bertz CT molecular complexity index is 1220. The molecule has 0 spiro atoms. The number of rotatable bonds is 5. The van der Waals surface area contributed by atoms with Crippen molar-refractivity contribution in [1.82, 2.24) is 4.98 Å². The lowest BCUT2D eigenvalue weighted by atomic mass is 10.1. The SMILES string of the molecule is Cc1ccc(OCC(=O)Nc2c(Br)cc(Br)cc2-c2nc3ccccc3s2)c(C)c1. The molecule has 4 nitrogen and oxygen atoms in total. The number of aryl methyl sites for hydroxylation is 2. The van der Waals surface area contributed by atoms with Gasteiger partial charge in [0.05, 0.1) is 15.9 Å². The summed E-state index contributed by atoms with van der Waals surface area (Å²) < 4.78 is 8.50. The van der Waals surface area contributed by atoms with Crippen LogP contribution in [-0.4, -0.2) is 17.5 Å². The second-order valence-electron chi connectivity index (χ2n) is 6.90. The molecule has 0 aliphatic carbocycles. The van der Waals surface area contributed by atoms with E-state index < -0.39 is 0 Å². The van der Waals surface area contributed by atoms with Gasteiger partial charge in [0, 0.05) is 14.5 Å². The van der Waals surface area contributed by atoms with Gasteiger partial charge in [0.1, 0.15) is 10.8 Å². The Hall–Kier alpha value is -2.22.